The second-order valence-corrected chi connectivity index (χ2v) is 7.97. The molecule has 2 aromatic rings. The van der Waals surface area contributed by atoms with Crippen LogP contribution in [0, 0.1) is 20.8 Å². The lowest BCUT2D eigenvalue weighted by atomic mass is 10.0. The Labute approximate surface area is 174 Å². The van der Waals surface area contributed by atoms with E-state index in [1.54, 1.807) is 14.0 Å². The number of nitrogens with one attached hydrogen (secondary N) is 1. The SMILES string of the molecule is Cc1ccc(C(C)C)c(OC(C)C(=O)N(C)CC(=O)Nc2c(C)cccc2C)c1. The molecule has 1 unspecified atom stereocenters. The fraction of sp³-hybridized carbons (Fsp3) is 0.417. The zero-order valence-electron chi connectivity index (χ0n) is 18.5. The molecule has 0 spiro atoms. The molecule has 2 amide bonds. The maximum atomic E-state index is 12.8. The number of hydrogen-bond donors (Lipinski definition) is 1. The van der Waals surface area contributed by atoms with Gasteiger partial charge in [0.1, 0.15) is 5.75 Å². The van der Waals surface area contributed by atoms with Crippen LogP contribution in [0.1, 0.15) is 48.9 Å². The van der Waals surface area contributed by atoms with E-state index in [4.69, 9.17) is 4.74 Å². The highest BCUT2D eigenvalue weighted by Crippen LogP contribution is 2.28. The van der Waals surface area contributed by atoms with Gasteiger partial charge in [-0.1, -0.05) is 44.2 Å². The quantitative estimate of drug-likeness (QED) is 0.744. The van der Waals surface area contributed by atoms with E-state index >= 15 is 0 Å². The average Bonchev–Trinajstić information content (AvgIpc) is 2.63. The molecular weight excluding hydrogens is 364 g/mol. The fourth-order valence-corrected chi connectivity index (χ4v) is 3.26. The van der Waals surface area contributed by atoms with Crippen molar-refractivity contribution in [1.29, 1.82) is 0 Å². The maximum absolute atomic E-state index is 12.8. The zero-order valence-corrected chi connectivity index (χ0v) is 18.5. The first-order chi connectivity index (χ1) is 13.6. The summed E-state index contributed by atoms with van der Waals surface area (Å²) in [4.78, 5) is 26.6. The monoisotopic (exact) mass is 396 g/mol. The largest absolute Gasteiger partial charge is 0.481 e. The molecule has 0 saturated carbocycles. The third-order valence-electron chi connectivity index (χ3n) is 4.95. The number of carbonyl (C=O) groups is 2. The summed E-state index contributed by atoms with van der Waals surface area (Å²) in [6.07, 6.45) is -0.688. The van der Waals surface area contributed by atoms with E-state index in [2.05, 4.69) is 19.2 Å². The fourth-order valence-electron chi connectivity index (χ4n) is 3.26. The summed E-state index contributed by atoms with van der Waals surface area (Å²) < 4.78 is 5.99. The molecular formula is C24H32N2O3. The molecule has 2 aromatic carbocycles. The average molecular weight is 397 g/mol. The van der Waals surface area contributed by atoms with Crippen molar-refractivity contribution in [1.82, 2.24) is 4.90 Å². The van der Waals surface area contributed by atoms with Crippen molar-refractivity contribution in [2.75, 3.05) is 18.9 Å². The molecule has 156 valence electrons. The van der Waals surface area contributed by atoms with Crippen molar-refractivity contribution in [3.63, 3.8) is 0 Å². The van der Waals surface area contributed by atoms with Crippen molar-refractivity contribution in [3.8, 4) is 5.75 Å². The number of carbonyl (C=O) groups excluding carboxylic acids is 2. The van der Waals surface area contributed by atoms with E-state index in [-0.39, 0.29) is 24.3 Å². The predicted octanol–water partition coefficient (Wildman–Crippen LogP) is 4.60. The summed E-state index contributed by atoms with van der Waals surface area (Å²) >= 11 is 0. The summed E-state index contributed by atoms with van der Waals surface area (Å²) in [5, 5.41) is 2.91. The van der Waals surface area contributed by atoms with Crippen LogP contribution >= 0.6 is 0 Å². The molecule has 0 saturated heterocycles. The van der Waals surface area contributed by atoms with Crippen LogP contribution in [0.2, 0.25) is 0 Å². The highest BCUT2D eigenvalue weighted by Gasteiger charge is 2.23. The Hall–Kier alpha value is -2.82. The van der Waals surface area contributed by atoms with Gasteiger partial charge in [0.15, 0.2) is 6.10 Å². The minimum Gasteiger partial charge on any atom is -0.481 e. The highest BCUT2D eigenvalue weighted by molar-refractivity contribution is 5.96. The molecule has 0 heterocycles. The molecule has 0 aliphatic heterocycles. The Morgan fingerprint density at radius 1 is 1.03 bits per heavy atom. The van der Waals surface area contributed by atoms with E-state index in [0.717, 1.165) is 27.9 Å². The summed E-state index contributed by atoms with van der Waals surface area (Å²) in [5.74, 6) is 0.532. The van der Waals surface area contributed by atoms with Crippen molar-refractivity contribution >= 4 is 17.5 Å². The number of benzene rings is 2. The Kier molecular flexibility index (Phi) is 7.43. The van der Waals surface area contributed by atoms with Crippen LogP contribution in [0.25, 0.3) is 0 Å². The van der Waals surface area contributed by atoms with Gasteiger partial charge in [0.05, 0.1) is 6.54 Å². The van der Waals surface area contributed by atoms with Gasteiger partial charge >= 0.3 is 0 Å². The topological polar surface area (TPSA) is 58.6 Å². The van der Waals surface area contributed by atoms with Crippen molar-refractivity contribution < 1.29 is 14.3 Å². The molecule has 1 N–H and O–H groups in total. The third-order valence-corrected chi connectivity index (χ3v) is 4.95. The Bertz CT molecular complexity index is 869. The maximum Gasteiger partial charge on any atom is 0.263 e. The number of anilines is 1. The van der Waals surface area contributed by atoms with Crippen LogP contribution in [0.5, 0.6) is 5.75 Å². The van der Waals surface area contributed by atoms with Crippen LogP contribution in [0.3, 0.4) is 0 Å². The van der Waals surface area contributed by atoms with Gasteiger partial charge in [-0.05, 0) is 61.9 Å². The van der Waals surface area contributed by atoms with Crippen LogP contribution < -0.4 is 10.1 Å². The van der Waals surface area contributed by atoms with E-state index in [1.807, 2.05) is 57.2 Å². The molecule has 0 aliphatic carbocycles. The number of rotatable bonds is 7. The predicted molar refractivity (Wildman–Crippen MR) is 118 cm³/mol. The third kappa shape index (κ3) is 5.83. The summed E-state index contributed by atoms with van der Waals surface area (Å²) in [6, 6.07) is 11.9. The van der Waals surface area contributed by atoms with E-state index in [0.29, 0.717) is 5.75 Å². The number of amides is 2. The smallest absolute Gasteiger partial charge is 0.263 e. The first-order valence-corrected chi connectivity index (χ1v) is 9.98. The van der Waals surface area contributed by atoms with Gasteiger partial charge in [-0.2, -0.15) is 0 Å². The number of aryl methyl sites for hydroxylation is 3. The second kappa shape index (κ2) is 9.59. The lowest BCUT2D eigenvalue weighted by Crippen LogP contribution is -2.42. The van der Waals surface area contributed by atoms with Gasteiger partial charge in [-0.25, -0.2) is 0 Å². The van der Waals surface area contributed by atoms with Gasteiger partial charge in [0, 0.05) is 12.7 Å². The van der Waals surface area contributed by atoms with Gasteiger partial charge in [0.25, 0.3) is 5.91 Å². The van der Waals surface area contributed by atoms with Crippen molar-refractivity contribution in [3.05, 3.63) is 58.7 Å². The van der Waals surface area contributed by atoms with Gasteiger partial charge < -0.3 is 15.0 Å². The van der Waals surface area contributed by atoms with Gasteiger partial charge in [-0.3, -0.25) is 9.59 Å². The number of nitrogens with zero attached hydrogens (tertiary/aromatic N) is 1. The van der Waals surface area contributed by atoms with Gasteiger partial charge in [-0.15, -0.1) is 0 Å². The van der Waals surface area contributed by atoms with E-state index < -0.39 is 6.10 Å². The molecule has 0 fully saturated rings. The number of para-hydroxylation sites is 1. The van der Waals surface area contributed by atoms with Crippen LogP contribution in [0.4, 0.5) is 5.69 Å². The Balaban J connectivity index is 2.03. The Morgan fingerprint density at radius 3 is 2.24 bits per heavy atom. The molecule has 0 bridgehead atoms. The molecule has 5 nitrogen and oxygen atoms in total. The number of hydrogen-bond acceptors (Lipinski definition) is 3. The van der Waals surface area contributed by atoms with Gasteiger partial charge in [0.2, 0.25) is 5.91 Å². The molecule has 29 heavy (non-hydrogen) atoms. The summed E-state index contributed by atoms with van der Waals surface area (Å²) in [7, 11) is 1.62. The molecule has 2 rings (SSSR count). The lowest BCUT2D eigenvalue weighted by Gasteiger charge is -2.24. The molecule has 0 aromatic heterocycles. The zero-order chi connectivity index (χ0) is 21.7. The minimum absolute atomic E-state index is 0.0365. The number of ether oxygens (including phenoxy) is 1. The van der Waals surface area contributed by atoms with Crippen molar-refractivity contribution in [2.24, 2.45) is 0 Å². The summed E-state index contributed by atoms with van der Waals surface area (Å²) in [5.41, 5.74) is 4.91. The highest BCUT2D eigenvalue weighted by atomic mass is 16.5. The molecule has 0 radical (unpaired) electrons. The van der Waals surface area contributed by atoms with Crippen LogP contribution in [-0.4, -0.2) is 36.4 Å². The normalized spacial score (nSPS) is 11.9. The molecule has 5 heteroatoms. The Morgan fingerprint density at radius 2 is 1.66 bits per heavy atom. The summed E-state index contributed by atoms with van der Waals surface area (Å²) in [6.45, 7) is 11.7. The first-order valence-electron chi connectivity index (χ1n) is 9.98. The second-order valence-electron chi connectivity index (χ2n) is 7.97. The molecule has 1 atom stereocenters. The molecule has 0 aliphatic rings. The first kappa shape index (κ1) is 22.5. The number of likely N-dealkylation sites (N-methyl/N-ethyl adjacent to an activating group) is 1. The van der Waals surface area contributed by atoms with E-state index in [1.165, 1.54) is 4.90 Å². The standard InChI is InChI=1S/C24H32N2O3/c1-15(2)20-12-11-16(3)13-21(20)29-19(6)24(28)26(7)14-22(27)25-23-17(4)9-8-10-18(23)5/h8-13,15,19H,14H2,1-7H3,(H,25,27). The van der Waals surface area contributed by atoms with Crippen LogP contribution in [0.15, 0.2) is 36.4 Å². The minimum atomic E-state index is -0.688. The lowest BCUT2D eigenvalue weighted by molar-refractivity contribution is -0.139. The van der Waals surface area contributed by atoms with Crippen molar-refractivity contribution in [2.45, 2.75) is 53.6 Å². The van der Waals surface area contributed by atoms with Crippen LogP contribution in [-0.2, 0) is 9.59 Å². The van der Waals surface area contributed by atoms with E-state index in [9.17, 15) is 9.59 Å².